The molecule has 0 aromatic heterocycles. The molecule has 0 amide bonds. The summed E-state index contributed by atoms with van der Waals surface area (Å²) >= 11 is 0. The monoisotopic (exact) mass is 276 g/mol. The van der Waals surface area contributed by atoms with Gasteiger partial charge in [0.1, 0.15) is 0 Å². The van der Waals surface area contributed by atoms with Gasteiger partial charge in [-0.25, -0.2) is 0 Å². The molecule has 2 N–H and O–H groups in total. The van der Waals surface area contributed by atoms with Gasteiger partial charge in [-0.1, -0.05) is 49.0 Å². The normalized spacial score (nSPS) is 18.2. The summed E-state index contributed by atoms with van der Waals surface area (Å²) in [6.07, 6.45) is 6.68. The number of hydrogen-bond donors (Lipinski definition) is 2. The maximum absolute atomic E-state index is 4.41. The highest BCUT2D eigenvalue weighted by Gasteiger charge is 2.30. The Morgan fingerprint density at radius 2 is 1.57 bits per heavy atom. The first-order valence-electron chi connectivity index (χ1n) is 8.06. The molecule has 1 aliphatic heterocycles. The average molecular weight is 276 g/mol. The van der Waals surface area contributed by atoms with E-state index in [9.17, 15) is 0 Å². The second-order valence-corrected chi connectivity index (χ2v) is 6.34. The molecule has 106 valence electrons. The van der Waals surface area contributed by atoms with E-state index >= 15 is 0 Å². The molecule has 0 unspecified atom stereocenters. The van der Waals surface area contributed by atoms with E-state index in [1.807, 2.05) is 0 Å². The summed E-state index contributed by atoms with van der Waals surface area (Å²) in [5, 5.41) is 9.88. The number of rotatable bonds is 2. The van der Waals surface area contributed by atoms with Gasteiger partial charge in [-0.05, 0) is 36.3 Å². The summed E-state index contributed by atoms with van der Waals surface area (Å²) in [6, 6.07) is 12.9. The molecule has 2 aromatic carbocycles. The summed E-state index contributed by atoms with van der Waals surface area (Å²) in [6.45, 7) is 4.57. The van der Waals surface area contributed by atoms with Crippen LogP contribution < -0.4 is 10.5 Å². The predicted molar refractivity (Wildman–Crippen MR) is 92.7 cm³/mol. The molecule has 0 bridgehead atoms. The minimum Gasteiger partial charge on any atom is -0.405 e. The maximum atomic E-state index is 4.41. The first kappa shape index (κ1) is 12.8. The molecule has 21 heavy (non-hydrogen) atoms. The van der Waals surface area contributed by atoms with Crippen molar-refractivity contribution in [1.82, 2.24) is 0 Å². The maximum Gasteiger partial charge on any atom is 0.401 e. The average Bonchev–Trinajstić information content (AvgIpc) is 2.55. The van der Waals surface area contributed by atoms with Gasteiger partial charge in [-0.3, -0.25) is 0 Å². The van der Waals surface area contributed by atoms with Crippen LogP contribution in [0.25, 0.3) is 10.8 Å². The van der Waals surface area contributed by atoms with Gasteiger partial charge in [0.25, 0.3) is 0 Å². The van der Waals surface area contributed by atoms with Crippen LogP contribution in [0.3, 0.4) is 0 Å². The smallest absolute Gasteiger partial charge is 0.401 e. The quantitative estimate of drug-likeness (QED) is 0.767. The lowest BCUT2D eigenvalue weighted by atomic mass is 9.59. The standard InChI is InChI=1S/C18H21BN2/c1-13(14-7-3-2-4-8-14)19-20-16-11-5-9-15-10-6-12-17(21-19)18(15)16/h5-6,9-12,14,20-21H,1-4,7-8H2. The largest absolute Gasteiger partial charge is 0.405 e. The summed E-state index contributed by atoms with van der Waals surface area (Å²) in [4.78, 5) is 0. The van der Waals surface area contributed by atoms with Gasteiger partial charge in [-0.2, -0.15) is 0 Å². The van der Waals surface area contributed by atoms with Crippen molar-refractivity contribution in [2.75, 3.05) is 10.5 Å². The highest BCUT2D eigenvalue weighted by molar-refractivity contribution is 6.74. The molecule has 1 saturated carbocycles. The van der Waals surface area contributed by atoms with E-state index in [-0.39, 0.29) is 6.98 Å². The second kappa shape index (κ2) is 5.14. The summed E-state index contributed by atoms with van der Waals surface area (Å²) in [7, 11) is 0. The predicted octanol–water partition coefficient (Wildman–Crippen LogP) is 4.84. The van der Waals surface area contributed by atoms with Crippen LogP contribution in [0.2, 0.25) is 0 Å². The fourth-order valence-electron chi connectivity index (χ4n) is 3.82. The minimum absolute atomic E-state index is 0.161. The highest BCUT2D eigenvalue weighted by atomic mass is 15.0. The Labute approximate surface area is 126 Å². The van der Waals surface area contributed by atoms with E-state index in [2.05, 4.69) is 53.4 Å². The topological polar surface area (TPSA) is 24.1 Å². The number of hydrogen-bond acceptors (Lipinski definition) is 2. The molecular formula is C18H21BN2. The van der Waals surface area contributed by atoms with Crippen molar-refractivity contribution in [1.29, 1.82) is 0 Å². The van der Waals surface area contributed by atoms with Crippen LogP contribution >= 0.6 is 0 Å². The van der Waals surface area contributed by atoms with Crippen molar-refractivity contribution in [3.8, 4) is 0 Å². The van der Waals surface area contributed by atoms with Crippen molar-refractivity contribution >= 4 is 29.1 Å². The molecular weight excluding hydrogens is 255 g/mol. The number of nitrogens with one attached hydrogen (secondary N) is 2. The molecule has 0 spiro atoms. The molecule has 0 radical (unpaired) electrons. The fourth-order valence-corrected chi connectivity index (χ4v) is 3.82. The molecule has 2 aliphatic rings. The second-order valence-electron chi connectivity index (χ2n) is 6.34. The molecule has 3 heteroatoms. The number of allylic oxidation sites excluding steroid dienone is 1. The van der Waals surface area contributed by atoms with Crippen LogP contribution in [0.15, 0.2) is 48.4 Å². The molecule has 1 heterocycles. The summed E-state index contributed by atoms with van der Waals surface area (Å²) < 4.78 is 0. The molecule has 1 fully saturated rings. The zero-order valence-corrected chi connectivity index (χ0v) is 12.4. The Morgan fingerprint density at radius 3 is 2.19 bits per heavy atom. The third-order valence-corrected chi connectivity index (χ3v) is 5.00. The van der Waals surface area contributed by atoms with Gasteiger partial charge in [0.15, 0.2) is 0 Å². The zero-order valence-electron chi connectivity index (χ0n) is 12.4. The van der Waals surface area contributed by atoms with Crippen molar-refractivity contribution in [3.63, 3.8) is 0 Å². The Morgan fingerprint density at radius 1 is 0.952 bits per heavy atom. The lowest BCUT2D eigenvalue weighted by molar-refractivity contribution is 0.413. The lowest BCUT2D eigenvalue weighted by Gasteiger charge is -2.32. The molecule has 2 aromatic rings. The van der Waals surface area contributed by atoms with E-state index in [0.717, 1.165) is 0 Å². The van der Waals surface area contributed by atoms with Crippen LogP contribution in [-0.4, -0.2) is 6.98 Å². The van der Waals surface area contributed by atoms with Crippen LogP contribution in [-0.2, 0) is 0 Å². The van der Waals surface area contributed by atoms with Crippen LogP contribution in [0.5, 0.6) is 0 Å². The highest BCUT2D eigenvalue weighted by Crippen LogP contribution is 2.37. The van der Waals surface area contributed by atoms with Crippen molar-refractivity contribution in [2.24, 2.45) is 5.92 Å². The van der Waals surface area contributed by atoms with E-state index in [1.165, 1.54) is 59.7 Å². The first-order chi connectivity index (χ1) is 10.3. The molecule has 4 rings (SSSR count). The molecule has 0 atom stereocenters. The van der Waals surface area contributed by atoms with E-state index < -0.39 is 0 Å². The Kier molecular flexibility index (Phi) is 3.14. The van der Waals surface area contributed by atoms with Crippen LogP contribution in [0.1, 0.15) is 32.1 Å². The van der Waals surface area contributed by atoms with E-state index in [4.69, 9.17) is 0 Å². The van der Waals surface area contributed by atoms with E-state index in [1.54, 1.807) is 0 Å². The summed E-state index contributed by atoms with van der Waals surface area (Å²) in [5.74, 6) is 0.660. The van der Waals surface area contributed by atoms with Gasteiger partial charge >= 0.3 is 6.98 Å². The van der Waals surface area contributed by atoms with Gasteiger partial charge in [0.2, 0.25) is 0 Å². The van der Waals surface area contributed by atoms with Crippen LogP contribution in [0, 0.1) is 5.92 Å². The first-order valence-corrected chi connectivity index (χ1v) is 8.06. The summed E-state index contributed by atoms with van der Waals surface area (Å²) in [5.41, 5.74) is 3.77. The van der Waals surface area contributed by atoms with Gasteiger partial charge in [0.05, 0.1) is 0 Å². The number of benzene rings is 2. The molecule has 0 saturated heterocycles. The molecule has 2 nitrogen and oxygen atoms in total. The fraction of sp³-hybridized carbons (Fsp3) is 0.333. The Hall–Kier alpha value is -1.90. The lowest BCUT2D eigenvalue weighted by Crippen LogP contribution is -2.41. The SMILES string of the molecule is C=C(B1Nc2cccc3cccc(c23)N1)C1CCCCC1. The Balaban J connectivity index is 1.65. The minimum atomic E-state index is 0.161. The van der Waals surface area contributed by atoms with Crippen LogP contribution in [0.4, 0.5) is 11.4 Å². The third-order valence-electron chi connectivity index (χ3n) is 5.00. The number of anilines is 2. The molecule has 1 aliphatic carbocycles. The van der Waals surface area contributed by atoms with E-state index in [0.29, 0.717) is 5.92 Å². The Bertz CT molecular complexity index is 648. The van der Waals surface area contributed by atoms with Crippen molar-refractivity contribution in [2.45, 2.75) is 32.1 Å². The van der Waals surface area contributed by atoms with Crippen molar-refractivity contribution in [3.05, 3.63) is 48.4 Å². The van der Waals surface area contributed by atoms with Gasteiger partial charge < -0.3 is 10.5 Å². The van der Waals surface area contributed by atoms with Crippen molar-refractivity contribution < 1.29 is 0 Å². The third kappa shape index (κ3) is 2.21. The van der Waals surface area contributed by atoms with Gasteiger partial charge in [-0.15, -0.1) is 6.58 Å². The zero-order chi connectivity index (χ0) is 14.2. The van der Waals surface area contributed by atoms with Gasteiger partial charge in [0, 0.05) is 16.8 Å².